The number of halogens is 1. The normalized spacial score (nSPS) is 16.7. The lowest BCUT2D eigenvalue weighted by Crippen LogP contribution is -2.22. The van der Waals surface area contributed by atoms with Gasteiger partial charge in [0.15, 0.2) is 0 Å². The van der Waals surface area contributed by atoms with Gasteiger partial charge in [-0.2, -0.15) is 0 Å². The molecule has 1 aliphatic carbocycles. The van der Waals surface area contributed by atoms with Gasteiger partial charge < -0.3 is 4.74 Å². The van der Waals surface area contributed by atoms with Crippen LogP contribution in [0, 0.1) is 0 Å². The van der Waals surface area contributed by atoms with Crippen molar-refractivity contribution in [2.45, 2.75) is 25.4 Å². The Morgan fingerprint density at radius 1 is 1.04 bits per heavy atom. The number of hydrogen-bond donors (Lipinski definition) is 0. The first-order valence-electron chi connectivity index (χ1n) is 7.57. The second-order valence-electron chi connectivity index (χ2n) is 5.75. The van der Waals surface area contributed by atoms with Gasteiger partial charge in [-0.25, -0.2) is 0 Å². The number of hydrogen-bond acceptors (Lipinski definition) is 3. The number of methoxy groups -OCH3 is 1. The lowest BCUT2D eigenvalue weighted by atomic mass is 9.87. The molecule has 0 saturated carbocycles. The van der Waals surface area contributed by atoms with E-state index >= 15 is 0 Å². The van der Waals surface area contributed by atoms with Gasteiger partial charge in [-0.05, 0) is 48.6 Å². The Balaban J connectivity index is 1.85. The number of benzene rings is 2. The lowest BCUT2D eigenvalue weighted by molar-refractivity contribution is 0.0816. The Kier molecular flexibility index (Phi) is 4.74. The molecule has 0 radical (unpaired) electrons. The van der Waals surface area contributed by atoms with Crippen molar-refractivity contribution in [3.63, 3.8) is 0 Å². The van der Waals surface area contributed by atoms with Crippen molar-refractivity contribution < 1.29 is 14.3 Å². The fraction of sp³-hybridized carbons (Fsp3) is 0.263. The molecule has 0 aliphatic heterocycles. The first-order chi connectivity index (χ1) is 11.1. The molecule has 3 nitrogen and oxygen atoms in total. The summed E-state index contributed by atoms with van der Waals surface area (Å²) in [6, 6.07) is 12.5. The van der Waals surface area contributed by atoms with Crippen LogP contribution in [0.15, 0.2) is 46.9 Å². The largest absolute Gasteiger partial charge is 0.381 e. The molecule has 0 amide bonds. The predicted molar refractivity (Wildman–Crippen MR) is 92.1 cm³/mol. The van der Waals surface area contributed by atoms with E-state index in [0.29, 0.717) is 11.1 Å². The molecule has 23 heavy (non-hydrogen) atoms. The van der Waals surface area contributed by atoms with Crippen LogP contribution in [0.5, 0.6) is 0 Å². The molecule has 1 atom stereocenters. The molecule has 1 aliphatic rings. The lowest BCUT2D eigenvalue weighted by Gasteiger charge is -2.23. The number of carbonyl (C=O) groups is 2. The monoisotopic (exact) mass is 372 g/mol. The Hall–Kier alpha value is -1.78. The molecular weight excluding hydrogens is 356 g/mol. The quantitative estimate of drug-likeness (QED) is 0.601. The first-order valence-corrected chi connectivity index (χ1v) is 8.37. The maximum absolute atomic E-state index is 12.5. The average Bonchev–Trinajstić information content (AvgIpc) is 2.59. The Morgan fingerprint density at radius 2 is 1.78 bits per heavy atom. The highest BCUT2D eigenvalue weighted by Gasteiger charge is 2.22. The Bertz CT molecular complexity index is 767. The van der Waals surface area contributed by atoms with Crippen LogP contribution in [0.4, 0.5) is 0 Å². The number of aryl methyl sites for hydroxylation is 1. The highest BCUT2D eigenvalue weighted by molar-refractivity contribution is 9.10. The van der Waals surface area contributed by atoms with Crippen molar-refractivity contribution in [1.29, 1.82) is 0 Å². The van der Waals surface area contributed by atoms with Crippen molar-refractivity contribution in [2.75, 3.05) is 7.11 Å². The average molecular weight is 373 g/mol. The van der Waals surface area contributed by atoms with E-state index in [2.05, 4.69) is 15.9 Å². The number of fused-ring (bicyclic) bond motifs is 1. The summed E-state index contributed by atoms with van der Waals surface area (Å²) in [4.78, 5) is 24.8. The number of Topliss-reactive ketones (excluding diaryl/α,β-unsaturated/α-hetero) is 2. The first kappa shape index (κ1) is 16.1. The standard InChI is InChI=1S/C19H17BrO3/c1-23-17-8-7-12-9-15(6-5-13(12)11-17)19(22)18(21)14-3-2-4-16(20)10-14/h2-6,9-10,17H,7-8,11H2,1H3. The van der Waals surface area contributed by atoms with Crippen molar-refractivity contribution >= 4 is 27.5 Å². The van der Waals surface area contributed by atoms with Gasteiger partial charge in [0, 0.05) is 22.7 Å². The second-order valence-corrected chi connectivity index (χ2v) is 6.67. The summed E-state index contributed by atoms with van der Waals surface area (Å²) in [5, 5.41) is 0. The predicted octanol–water partition coefficient (Wildman–Crippen LogP) is 4.02. The van der Waals surface area contributed by atoms with E-state index < -0.39 is 11.6 Å². The molecule has 0 saturated heterocycles. The molecule has 118 valence electrons. The smallest absolute Gasteiger partial charge is 0.233 e. The fourth-order valence-corrected chi connectivity index (χ4v) is 3.36. The minimum Gasteiger partial charge on any atom is -0.381 e. The molecule has 2 aromatic rings. The third kappa shape index (κ3) is 3.43. The molecule has 0 spiro atoms. The molecule has 2 aromatic carbocycles. The van der Waals surface area contributed by atoms with Crippen LogP contribution in [0.25, 0.3) is 0 Å². The summed E-state index contributed by atoms with van der Waals surface area (Å²) in [5.74, 6) is -0.934. The zero-order valence-corrected chi connectivity index (χ0v) is 14.4. The van der Waals surface area contributed by atoms with E-state index in [-0.39, 0.29) is 6.10 Å². The molecule has 0 N–H and O–H groups in total. The van der Waals surface area contributed by atoms with Gasteiger partial charge in [0.05, 0.1) is 6.10 Å². The van der Waals surface area contributed by atoms with Gasteiger partial charge >= 0.3 is 0 Å². The van der Waals surface area contributed by atoms with Crippen LogP contribution in [-0.4, -0.2) is 24.8 Å². The Labute approximate surface area is 143 Å². The summed E-state index contributed by atoms with van der Waals surface area (Å²) in [6.45, 7) is 0. The fourth-order valence-electron chi connectivity index (χ4n) is 2.96. The van der Waals surface area contributed by atoms with Crippen LogP contribution in [-0.2, 0) is 17.6 Å². The Morgan fingerprint density at radius 3 is 2.48 bits per heavy atom. The van der Waals surface area contributed by atoms with Gasteiger partial charge in [-0.15, -0.1) is 0 Å². The van der Waals surface area contributed by atoms with Crippen molar-refractivity contribution in [2.24, 2.45) is 0 Å². The number of ether oxygens (including phenoxy) is 1. The van der Waals surface area contributed by atoms with E-state index in [4.69, 9.17) is 4.74 Å². The van der Waals surface area contributed by atoms with Crippen LogP contribution < -0.4 is 0 Å². The highest BCUT2D eigenvalue weighted by atomic mass is 79.9. The molecular formula is C19H17BrO3. The zero-order valence-electron chi connectivity index (χ0n) is 12.8. The van der Waals surface area contributed by atoms with Crippen molar-refractivity contribution in [3.05, 3.63) is 69.2 Å². The van der Waals surface area contributed by atoms with Gasteiger partial charge in [-0.3, -0.25) is 9.59 Å². The topological polar surface area (TPSA) is 43.4 Å². The van der Waals surface area contributed by atoms with Crippen LogP contribution in [0.3, 0.4) is 0 Å². The molecule has 1 unspecified atom stereocenters. The summed E-state index contributed by atoms with van der Waals surface area (Å²) < 4.78 is 6.19. The van der Waals surface area contributed by atoms with Gasteiger partial charge in [0.1, 0.15) is 0 Å². The summed E-state index contributed by atoms with van der Waals surface area (Å²) in [6.07, 6.45) is 2.92. The van der Waals surface area contributed by atoms with Gasteiger partial charge in [-0.1, -0.05) is 40.2 Å². The van der Waals surface area contributed by atoms with Crippen molar-refractivity contribution in [1.82, 2.24) is 0 Å². The minimum absolute atomic E-state index is 0.243. The molecule has 0 aromatic heterocycles. The third-order valence-corrected chi connectivity index (χ3v) is 4.77. The van der Waals surface area contributed by atoms with Gasteiger partial charge in [0.2, 0.25) is 11.6 Å². The SMILES string of the molecule is COC1CCc2cc(C(=O)C(=O)c3cccc(Br)c3)ccc2C1. The maximum Gasteiger partial charge on any atom is 0.233 e. The molecule has 0 bridgehead atoms. The number of carbonyl (C=O) groups excluding carboxylic acids is 2. The van der Waals surface area contributed by atoms with Crippen molar-refractivity contribution in [3.8, 4) is 0 Å². The molecule has 0 heterocycles. The zero-order chi connectivity index (χ0) is 16.4. The van der Waals surface area contributed by atoms with E-state index in [1.54, 1.807) is 31.4 Å². The maximum atomic E-state index is 12.5. The van der Waals surface area contributed by atoms with E-state index in [9.17, 15) is 9.59 Å². The number of rotatable bonds is 4. The molecule has 3 rings (SSSR count). The van der Waals surface area contributed by atoms with E-state index in [1.807, 2.05) is 18.2 Å². The van der Waals surface area contributed by atoms with Crippen LogP contribution >= 0.6 is 15.9 Å². The molecule has 4 heteroatoms. The summed E-state index contributed by atoms with van der Waals surface area (Å²) in [5.41, 5.74) is 3.21. The second kappa shape index (κ2) is 6.77. The van der Waals surface area contributed by atoms with Crippen LogP contribution in [0.1, 0.15) is 38.3 Å². The molecule has 0 fully saturated rings. The summed E-state index contributed by atoms with van der Waals surface area (Å²) >= 11 is 3.32. The third-order valence-electron chi connectivity index (χ3n) is 4.28. The highest BCUT2D eigenvalue weighted by Crippen LogP contribution is 2.25. The van der Waals surface area contributed by atoms with E-state index in [0.717, 1.165) is 29.3 Å². The number of ketones is 2. The van der Waals surface area contributed by atoms with Crippen LogP contribution in [0.2, 0.25) is 0 Å². The van der Waals surface area contributed by atoms with Gasteiger partial charge in [0.25, 0.3) is 0 Å². The summed E-state index contributed by atoms with van der Waals surface area (Å²) in [7, 11) is 1.73. The van der Waals surface area contributed by atoms with E-state index in [1.165, 1.54) is 5.56 Å². The minimum atomic E-state index is -0.475.